The second kappa shape index (κ2) is 8.16. The number of hydrogen-bond acceptors (Lipinski definition) is 2. The first kappa shape index (κ1) is 16.0. The third-order valence-electron chi connectivity index (χ3n) is 4.60. The lowest BCUT2D eigenvalue weighted by Crippen LogP contribution is -2.32. The molecule has 20 heavy (non-hydrogen) atoms. The van der Waals surface area contributed by atoms with Gasteiger partial charge in [-0.05, 0) is 62.4 Å². The van der Waals surface area contributed by atoms with Crippen LogP contribution in [0.15, 0.2) is 28.7 Å². The highest BCUT2D eigenvalue weighted by Crippen LogP contribution is 2.32. The summed E-state index contributed by atoms with van der Waals surface area (Å²) in [6, 6.07) is 8.38. The van der Waals surface area contributed by atoms with Crippen molar-refractivity contribution in [1.29, 1.82) is 0 Å². The summed E-state index contributed by atoms with van der Waals surface area (Å²) in [5.74, 6) is 0.732. The number of rotatable bonds is 6. The van der Waals surface area contributed by atoms with Gasteiger partial charge >= 0.3 is 0 Å². The highest BCUT2D eigenvalue weighted by atomic mass is 79.9. The van der Waals surface area contributed by atoms with Crippen LogP contribution in [-0.4, -0.2) is 36.2 Å². The smallest absolute Gasteiger partial charge is 0.0465 e. The molecule has 1 fully saturated rings. The van der Waals surface area contributed by atoms with Gasteiger partial charge in [-0.25, -0.2) is 0 Å². The van der Waals surface area contributed by atoms with Gasteiger partial charge in [-0.2, -0.15) is 0 Å². The molecule has 1 N–H and O–H groups in total. The third-order valence-corrected chi connectivity index (χ3v) is 5.32. The molecule has 1 aromatic carbocycles. The fourth-order valence-electron chi connectivity index (χ4n) is 3.13. The van der Waals surface area contributed by atoms with E-state index < -0.39 is 0 Å². The number of halogens is 1. The van der Waals surface area contributed by atoms with Crippen molar-refractivity contribution in [1.82, 2.24) is 4.90 Å². The monoisotopic (exact) mass is 339 g/mol. The van der Waals surface area contributed by atoms with Gasteiger partial charge in [0.05, 0.1) is 0 Å². The van der Waals surface area contributed by atoms with E-state index in [9.17, 15) is 5.11 Å². The van der Waals surface area contributed by atoms with Gasteiger partial charge in [0, 0.05) is 11.1 Å². The molecule has 2 unspecified atom stereocenters. The molecule has 0 aliphatic carbocycles. The van der Waals surface area contributed by atoms with Crippen molar-refractivity contribution in [3.8, 4) is 0 Å². The third kappa shape index (κ3) is 4.31. The zero-order valence-electron chi connectivity index (χ0n) is 12.4. The van der Waals surface area contributed by atoms with E-state index in [1.54, 1.807) is 0 Å². The maximum absolute atomic E-state index is 9.74. The highest BCUT2D eigenvalue weighted by molar-refractivity contribution is 9.10. The van der Waals surface area contributed by atoms with Crippen molar-refractivity contribution in [2.75, 3.05) is 26.2 Å². The maximum atomic E-state index is 9.74. The van der Waals surface area contributed by atoms with Crippen LogP contribution in [0, 0.1) is 5.92 Å². The van der Waals surface area contributed by atoms with Crippen LogP contribution in [0.25, 0.3) is 0 Å². The van der Waals surface area contributed by atoms with Gasteiger partial charge < -0.3 is 10.0 Å². The van der Waals surface area contributed by atoms with Crippen molar-refractivity contribution in [3.05, 3.63) is 34.3 Å². The molecule has 1 aliphatic heterocycles. The van der Waals surface area contributed by atoms with E-state index in [-0.39, 0.29) is 6.61 Å². The highest BCUT2D eigenvalue weighted by Gasteiger charge is 2.21. The molecule has 2 atom stereocenters. The summed E-state index contributed by atoms with van der Waals surface area (Å²) < 4.78 is 1.16. The summed E-state index contributed by atoms with van der Waals surface area (Å²) in [5.41, 5.74) is 1.31. The number of benzene rings is 1. The Morgan fingerprint density at radius 2 is 1.90 bits per heavy atom. The average Bonchev–Trinajstić information content (AvgIpc) is 2.49. The fraction of sp³-hybridized carbons (Fsp3) is 0.647. The summed E-state index contributed by atoms with van der Waals surface area (Å²) >= 11 is 3.63. The quantitative estimate of drug-likeness (QED) is 0.845. The minimum atomic E-state index is 0.274. The van der Waals surface area contributed by atoms with E-state index in [4.69, 9.17) is 0 Å². The first-order chi connectivity index (χ1) is 9.72. The van der Waals surface area contributed by atoms with Crippen LogP contribution < -0.4 is 0 Å². The Labute approximate surface area is 131 Å². The van der Waals surface area contributed by atoms with Crippen LogP contribution in [0.4, 0.5) is 0 Å². The van der Waals surface area contributed by atoms with Crippen LogP contribution in [0.5, 0.6) is 0 Å². The largest absolute Gasteiger partial charge is 0.396 e. The summed E-state index contributed by atoms with van der Waals surface area (Å²) in [4.78, 5) is 2.55. The maximum Gasteiger partial charge on any atom is 0.0465 e. The number of likely N-dealkylation sites (tertiary alicyclic amines) is 1. The molecular formula is C17H26BrNO. The van der Waals surface area contributed by atoms with E-state index in [1.165, 1.54) is 37.9 Å². The first-order valence-corrected chi connectivity index (χ1v) is 8.59. The van der Waals surface area contributed by atoms with E-state index in [2.05, 4.69) is 46.0 Å². The van der Waals surface area contributed by atoms with E-state index >= 15 is 0 Å². The van der Waals surface area contributed by atoms with Gasteiger partial charge in [-0.15, -0.1) is 0 Å². The predicted molar refractivity (Wildman–Crippen MR) is 88.0 cm³/mol. The first-order valence-electron chi connectivity index (χ1n) is 7.80. The molecule has 2 nitrogen and oxygen atoms in total. The molecule has 112 valence electrons. The van der Waals surface area contributed by atoms with Gasteiger partial charge in [0.2, 0.25) is 0 Å². The second-order valence-electron chi connectivity index (χ2n) is 5.94. The number of aliphatic hydroxyl groups is 1. The minimum absolute atomic E-state index is 0.274. The molecular weight excluding hydrogens is 314 g/mol. The van der Waals surface area contributed by atoms with Crippen LogP contribution in [0.3, 0.4) is 0 Å². The number of hydrogen-bond donors (Lipinski definition) is 1. The van der Waals surface area contributed by atoms with Gasteiger partial charge in [0.25, 0.3) is 0 Å². The zero-order valence-corrected chi connectivity index (χ0v) is 14.0. The number of aliphatic hydroxyl groups excluding tert-OH is 1. The molecule has 0 spiro atoms. The fourth-order valence-corrected chi connectivity index (χ4v) is 3.77. The lowest BCUT2D eigenvalue weighted by Gasteiger charge is -2.30. The van der Waals surface area contributed by atoms with Crippen molar-refractivity contribution in [2.45, 2.75) is 38.5 Å². The van der Waals surface area contributed by atoms with Crippen LogP contribution >= 0.6 is 15.9 Å². The van der Waals surface area contributed by atoms with Crippen LogP contribution in [0.2, 0.25) is 0 Å². The summed E-state index contributed by atoms with van der Waals surface area (Å²) in [5, 5.41) is 9.74. The van der Waals surface area contributed by atoms with Crippen molar-refractivity contribution >= 4 is 15.9 Å². The molecule has 1 saturated heterocycles. The number of nitrogens with zero attached hydrogens (tertiary/aromatic N) is 1. The summed E-state index contributed by atoms with van der Waals surface area (Å²) in [6.45, 7) is 6.11. The molecule has 0 saturated carbocycles. The van der Waals surface area contributed by atoms with Crippen molar-refractivity contribution in [2.24, 2.45) is 5.92 Å². The number of piperidine rings is 1. The lowest BCUT2D eigenvalue weighted by molar-refractivity contribution is 0.163. The molecule has 1 aliphatic rings. The van der Waals surface area contributed by atoms with E-state index in [0.717, 1.165) is 17.4 Å². The van der Waals surface area contributed by atoms with E-state index in [0.29, 0.717) is 11.8 Å². The van der Waals surface area contributed by atoms with Gasteiger partial charge in [-0.1, -0.05) is 47.5 Å². The second-order valence-corrected chi connectivity index (χ2v) is 6.80. The molecule has 0 radical (unpaired) electrons. The SMILES string of the molecule is CC(c1ccccc1Br)C(CO)CCN1CCCCC1. The normalized spacial score (nSPS) is 19.8. The molecule has 0 amide bonds. The van der Waals surface area contributed by atoms with Crippen molar-refractivity contribution in [3.63, 3.8) is 0 Å². The molecule has 0 bridgehead atoms. The Morgan fingerprint density at radius 3 is 2.55 bits per heavy atom. The van der Waals surface area contributed by atoms with Crippen LogP contribution in [-0.2, 0) is 0 Å². The Balaban J connectivity index is 1.91. The Hall–Kier alpha value is -0.380. The van der Waals surface area contributed by atoms with E-state index in [1.807, 2.05) is 6.07 Å². The van der Waals surface area contributed by atoms with Gasteiger partial charge in [-0.3, -0.25) is 0 Å². The minimum Gasteiger partial charge on any atom is -0.396 e. The topological polar surface area (TPSA) is 23.5 Å². The average molecular weight is 340 g/mol. The predicted octanol–water partition coefficient (Wildman–Crippen LogP) is 4.04. The van der Waals surface area contributed by atoms with Gasteiger partial charge in [0.15, 0.2) is 0 Å². The lowest BCUT2D eigenvalue weighted by atomic mass is 9.85. The molecule has 3 heteroatoms. The molecule has 1 aromatic rings. The molecule has 1 heterocycles. The Bertz CT molecular complexity index is 404. The van der Waals surface area contributed by atoms with Crippen molar-refractivity contribution < 1.29 is 5.11 Å². The zero-order chi connectivity index (χ0) is 14.4. The molecule has 2 rings (SSSR count). The standard InChI is InChI=1S/C17H26BrNO/c1-14(16-7-3-4-8-17(16)18)15(13-20)9-12-19-10-5-2-6-11-19/h3-4,7-8,14-15,20H,2,5-6,9-13H2,1H3. The molecule has 0 aromatic heterocycles. The van der Waals surface area contributed by atoms with Crippen LogP contribution in [0.1, 0.15) is 44.1 Å². The Kier molecular flexibility index (Phi) is 6.53. The summed E-state index contributed by atoms with van der Waals surface area (Å²) in [7, 11) is 0. The van der Waals surface area contributed by atoms with Gasteiger partial charge in [0.1, 0.15) is 0 Å². The summed E-state index contributed by atoms with van der Waals surface area (Å²) in [6.07, 6.45) is 5.14. The Morgan fingerprint density at radius 1 is 1.20 bits per heavy atom.